The third-order valence-corrected chi connectivity index (χ3v) is 1.62. The molecular formula is C8H8N2O4. The number of carboxylic acid groups (broad SMARTS) is 1. The number of benzene rings is 1. The van der Waals surface area contributed by atoms with Crippen LogP contribution in [0.15, 0.2) is 18.2 Å². The minimum absolute atomic E-state index is 0.0926. The maximum Gasteiger partial charge on any atom is 0.339 e. The van der Waals surface area contributed by atoms with Crippen LogP contribution in [0.5, 0.6) is 5.75 Å². The Kier molecular flexibility index (Phi) is 2.68. The van der Waals surface area contributed by atoms with Crippen molar-refractivity contribution in [3.05, 3.63) is 29.3 Å². The molecule has 0 saturated carbocycles. The summed E-state index contributed by atoms with van der Waals surface area (Å²) in [5.74, 6) is 2.52. The van der Waals surface area contributed by atoms with Crippen molar-refractivity contribution in [3.63, 3.8) is 0 Å². The molecule has 0 atom stereocenters. The molecule has 1 rings (SSSR count). The third kappa shape index (κ3) is 1.80. The van der Waals surface area contributed by atoms with E-state index in [0.717, 1.165) is 12.1 Å². The summed E-state index contributed by atoms with van der Waals surface area (Å²) in [5, 5.41) is 17.8. The number of hydrogen-bond donors (Lipinski definition) is 4. The molecule has 6 heteroatoms. The molecular weight excluding hydrogens is 188 g/mol. The highest BCUT2D eigenvalue weighted by Crippen LogP contribution is 2.18. The monoisotopic (exact) mass is 196 g/mol. The zero-order valence-corrected chi connectivity index (χ0v) is 7.02. The smallest absolute Gasteiger partial charge is 0.339 e. The average Bonchev–Trinajstić information content (AvgIpc) is 2.15. The molecule has 0 radical (unpaired) electrons. The molecule has 74 valence electrons. The molecule has 0 aliphatic rings. The second kappa shape index (κ2) is 3.75. The molecule has 0 heterocycles. The minimum atomic E-state index is -1.26. The lowest BCUT2D eigenvalue weighted by molar-refractivity contribution is 0.0693. The van der Waals surface area contributed by atoms with Gasteiger partial charge in [0.05, 0.1) is 0 Å². The standard InChI is InChI=1S/C8H8N2O4/c9-10-7(12)4-1-2-5(8(13)14)6(11)3-4/h1-3,11H,9H2,(H,10,12)(H,13,14). The summed E-state index contributed by atoms with van der Waals surface area (Å²) in [6, 6.07) is 3.42. The number of nitrogen functional groups attached to an aromatic ring is 1. The van der Waals surface area contributed by atoms with Crippen LogP contribution in [-0.2, 0) is 0 Å². The van der Waals surface area contributed by atoms with Gasteiger partial charge in [-0.3, -0.25) is 10.2 Å². The van der Waals surface area contributed by atoms with Gasteiger partial charge in [0, 0.05) is 5.56 Å². The summed E-state index contributed by atoms with van der Waals surface area (Å²) in [6.45, 7) is 0. The lowest BCUT2D eigenvalue weighted by Gasteiger charge is -2.02. The number of hydrogen-bond acceptors (Lipinski definition) is 4. The Morgan fingerprint density at radius 3 is 2.43 bits per heavy atom. The first-order valence-corrected chi connectivity index (χ1v) is 3.63. The summed E-state index contributed by atoms with van der Waals surface area (Å²) < 4.78 is 0. The molecule has 0 aliphatic carbocycles. The molecule has 0 spiro atoms. The quantitative estimate of drug-likeness (QED) is 0.294. The summed E-state index contributed by atoms with van der Waals surface area (Å²) in [4.78, 5) is 21.4. The molecule has 5 N–H and O–H groups in total. The van der Waals surface area contributed by atoms with Crippen LogP contribution in [0.1, 0.15) is 20.7 Å². The zero-order chi connectivity index (χ0) is 10.7. The van der Waals surface area contributed by atoms with Crippen LogP contribution >= 0.6 is 0 Å². The number of amides is 1. The lowest BCUT2D eigenvalue weighted by Crippen LogP contribution is -2.29. The van der Waals surface area contributed by atoms with Gasteiger partial charge in [-0.1, -0.05) is 0 Å². The Labute approximate surface area is 78.9 Å². The fourth-order valence-electron chi connectivity index (χ4n) is 0.937. The third-order valence-electron chi connectivity index (χ3n) is 1.62. The van der Waals surface area contributed by atoms with Crippen molar-refractivity contribution in [3.8, 4) is 5.75 Å². The summed E-state index contributed by atoms with van der Waals surface area (Å²) in [5.41, 5.74) is 1.69. The molecule has 1 amide bonds. The Hall–Kier alpha value is -2.08. The van der Waals surface area contributed by atoms with Crippen LogP contribution in [0.3, 0.4) is 0 Å². The number of nitrogens with one attached hydrogen (secondary N) is 1. The van der Waals surface area contributed by atoms with E-state index in [1.807, 2.05) is 5.43 Å². The van der Waals surface area contributed by atoms with Crippen molar-refractivity contribution >= 4 is 11.9 Å². The number of aromatic carboxylic acids is 1. The molecule has 6 nitrogen and oxygen atoms in total. The van der Waals surface area contributed by atoms with Gasteiger partial charge in [0.25, 0.3) is 5.91 Å². The van der Waals surface area contributed by atoms with Gasteiger partial charge in [0.2, 0.25) is 0 Å². The molecule has 0 aliphatic heterocycles. The maximum absolute atomic E-state index is 11.0. The first-order valence-electron chi connectivity index (χ1n) is 3.63. The van der Waals surface area contributed by atoms with E-state index in [0.29, 0.717) is 0 Å². The minimum Gasteiger partial charge on any atom is -0.507 e. The Bertz CT molecular complexity index is 389. The maximum atomic E-state index is 11.0. The van der Waals surface area contributed by atoms with Crippen molar-refractivity contribution in [2.24, 2.45) is 5.84 Å². The summed E-state index contributed by atoms with van der Waals surface area (Å²) in [6.07, 6.45) is 0. The van der Waals surface area contributed by atoms with Crippen molar-refractivity contribution < 1.29 is 19.8 Å². The van der Waals surface area contributed by atoms with E-state index in [9.17, 15) is 14.7 Å². The van der Waals surface area contributed by atoms with Gasteiger partial charge in [-0.05, 0) is 18.2 Å². The SMILES string of the molecule is NNC(=O)c1ccc(C(=O)O)c(O)c1. The van der Waals surface area contributed by atoms with E-state index in [1.54, 1.807) is 0 Å². The molecule has 1 aromatic rings. The number of rotatable bonds is 2. The Morgan fingerprint density at radius 1 is 1.36 bits per heavy atom. The predicted octanol–water partition coefficient (Wildman–Crippen LogP) is -0.306. The Morgan fingerprint density at radius 2 is 2.00 bits per heavy atom. The number of phenols is 1. The van der Waals surface area contributed by atoms with Gasteiger partial charge in [0.1, 0.15) is 11.3 Å². The second-order valence-electron chi connectivity index (χ2n) is 2.51. The summed E-state index contributed by atoms with van der Waals surface area (Å²) in [7, 11) is 0. The van der Waals surface area contributed by atoms with E-state index < -0.39 is 17.6 Å². The van der Waals surface area contributed by atoms with E-state index in [2.05, 4.69) is 0 Å². The average molecular weight is 196 g/mol. The molecule has 0 aromatic heterocycles. The number of aromatic hydroxyl groups is 1. The van der Waals surface area contributed by atoms with Crippen LogP contribution < -0.4 is 11.3 Å². The van der Waals surface area contributed by atoms with Crippen molar-refractivity contribution in [1.29, 1.82) is 0 Å². The first-order chi connectivity index (χ1) is 6.56. The van der Waals surface area contributed by atoms with Crippen molar-refractivity contribution in [1.82, 2.24) is 5.43 Å². The number of nitrogens with two attached hydrogens (primary N) is 1. The molecule has 0 bridgehead atoms. The fraction of sp³-hybridized carbons (Fsp3) is 0. The van der Waals surface area contributed by atoms with Gasteiger partial charge >= 0.3 is 5.97 Å². The van der Waals surface area contributed by atoms with Crippen LogP contribution in [0.4, 0.5) is 0 Å². The number of hydrazine groups is 1. The molecule has 0 fully saturated rings. The predicted molar refractivity (Wildman–Crippen MR) is 46.7 cm³/mol. The highest BCUT2D eigenvalue weighted by atomic mass is 16.4. The van der Waals surface area contributed by atoms with Gasteiger partial charge in [-0.15, -0.1) is 0 Å². The topological polar surface area (TPSA) is 113 Å². The van der Waals surface area contributed by atoms with E-state index in [1.165, 1.54) is 6.07 Å². The Balaban J connectivity index is 3.12. The molecule has 14 heavy (non-hydrogen) atoms. The molecule has 1 aromatic carbocycles. The number of carboxylic acids is 1. The normalized spacial score (nSPS) is 9.50. The van der Waals surface area contributed by atoms with Crippen molar-refractivity contribution in [2.45, 2.75) is 0 Å². The van der Waals surface area contributed by atoms with E-state index in [-0.39, 0.29) is 11.1 Å². The van der Waals surface area contributed by atoms with Crippen LogP contribution in [0.2, 0.25) is 0 Å². The molecule has 0 unspecified atom stereocenters. The highest BCUT2D eigenvalue weighted by molar-refractivity contribution is 5.97. The number of carbonyl (C=O) groups is 2. The largest absolute Gasteiger partial charge is 0.507 e. The van der Waals surface area contributed by atoms with E-state index in [4.69, 9.17) is 10.9 Å². The van der Waals surface area contributed by atoms with Gasteiger partial charge in [0.15, 0.2) is 0 Å². The lowest BCUT2D eigenvalue weighted by atomic mass is 10.1. The molecule has 0 saturated heterocycles. The van der Waals surface area contributed by atoms with Gasteiger partial charge in [-0.25, -0.2) is 10.6 Å². The van der Waals surface area contributed by atoms with Crippen LogP contribution in [0, 0.1) is 0 Å². The highest BCUT2D eigenvalue weighted by Gasteiger charge is 2.12. The zero-order valence-electron chi connectivity index (χ0n) is 7.02. The first kappa shape index (κ1) is 10.0. The fourth-order valence-corrected chi connectivity index (χ4v) is 0.937. The van der Waals surface area contributed by atoms with Crippen molar-refractivity contribution in [2.75, 3.05) is 0 Å². The summed E-state index contributed by atoms with van der Waals surface area (Å²) >= 11 is 0. The van der Waals surface area contributed by atoms with Gasteiger partial charge in [-0.2, -0.15) is 0 Å². The van der Waals surface area contributed by atoms with Crippen LogP contribution in [0.25, 0.3) is 0 Å². The van der Waals surface area contributed by atoms with E-state index >= 15 is 0 Å². The number of carbonyl (C=O) groups excluding carboxylic acids is 1. The second-order valence-corrected chi connectivity index (χ2v) is 2.51. The van der Waals surface area contributed by atoms with Gasteiger partial charge < -0.3 is 10.2 Å². The van der Waals surface area contributed by atoms with Crippen LogP contribution in [-0.4, -0.2) is 22.1 Å².